The maximum absolute atomic E-state index is 12.0. The van der Waals surface area contributed by atoms with E-state index in [9.17, 15) is 13.2 Å². The average molecular weight is 272 g/mol. The number of hydrogen-bond acceptors (Lipinski definition) is 3. The van der Waals surface area contributed by atoms with Gasteiger partial charge in [0.2, 0.25) is 0 Å². The van der Waals surface area contributed by atoms with Crippen LogP contribution >= 0.6 is 0 Å². The number of hydrogen-bond donors (Lipinski definition) is 1. The summed E-state index contributed by atoms with van der Waals surface area (Å²) < 4.78 is 37.7. The second-order valence-electron chi connectivity index (χ2n) is 4.48. The molecule has 0 fully saturated rings. The van der Waals surface area contributed by atoms with E-state index in [1.54, 1.807) is 10.6 Å². The monoisotopic (exact) mass is 272 g/mol. The molecule has 19 heavy (non-hydrogen) atoms. The third kappa shape index (κ3) is 3.59. The van der Waals surface area contributed by atoms with Gasteiger partial charge in [0.25, 0.3) is 0 Å². The van der Waals surface area contributed by atoms with Crippen molar-refractivity contribution in [2.24, 2.45) is 0 Å². The van der Waals surface area contributed by atoms with Crippen LogP contribution in [0.1, 0.15) is 24.2 Å². The van der Waals surface area contributed by atoms with E-state index < -0.39 is 12.6 Å². The normalized spacial score (nSPS) is 12.1. The molecule has 2 heterocycles. The number of fused-ring (bicyclic) bond motifs is 1. The lowest BCUT2D eigenvalue weighted by atomic mass is 10.3. The summed E-state index contributed by atoms with van der Waals surface area (Å²) in [5.74, 6) is 0.665. The van der Waals surface area contributed by atoms with Crippen LogP contribution in [0.4, 0.5) is 19.0 Å². The van der Waals surface area contributed by atoms with E-state index in [0.717, 1.165) is 11.4 Å². The van der Waals surface area contributed by atoms with Crippen LogP contribution in [0.25, 0.3) is 5.65 Å². The Morgan fingerprint density at radius 2 is 1.95 bits per heavy atom. The zero-order valence-corrected chi connectivity index (χ0v) is 10.8. The number of nitrogens with one attached hydrogen (secondary N) is 1. The summed E-state index contributed by atoms with van der Waals surface area (Å²) in [6.07, 6.45) is -4.86. The van der Waals surface area contributed by atoms with Crippen molar-refractivity contribution in [3.05, 3.63) is 23.5 Å². The molecule has 2 rings (SSSR count). The molecule has 0 radical (unpaired) electrons. The summed E-state index contributed by atoms with van der Waals surface area (Å²) in [6.45, 7) is 3.93. The molecule has 7 heteroatoms. The van der Waals surface area contributed by atoms with Crippen LogP contribution in [0.3, 0.4) is 0 Å². The summed E-state index contributed by atoms with van der Waals surface area (Å²) in [4.78, 5) is 4.31. The number of aromatic nitrogens is 3. The molecule has 2 aromatic heterocycles. The maximum Gasteiger partial charge on any atom is 0.389 e. The summed E-state index contributed by atoms with van der Waals surface area (Å²) in [6, 6.07) is 3.60. The molecule has 0 spiro atoms. The van der Waals surface area contributed by atoms with Crippen molar-refractivity contribution in [2.45, 2.75) is 32.9 Å². The maximum atomic E-state index is 12.0. The smallest absolute Gasteiger partial charge is 0.370 e. The van der Waals surface area contributed by atoms with E-state index in [4.69, 9.17) is 0 Å². The zero-order valence-electron chi connectivity index (χ0n) is 10.8. The van der Waals surface area contributed by atoms with Gasteiger partial charge < -0.3 is 5.32 Å². The molecule has 0 aliphatic carbocycles. The van der Waals surface area contributed by atoms with E-state index >= 15 is 0 Å². The topological polar surface area (TPSA) is 42.2 Å². The molecule has 4 nitrogen and oxygen atoms in total. The van der Waals surface area contributed by atoms with Gasteiger partial charge in [0.1, 0.15) is 5.82 Å². The number of aryl methyl sites for hydroxylation is 2. The molecule has 0 amide bonds. The van der Waals surface area contributed by atoms with Gasteiger partial charge in [0.15, 0.2) is 5.65 Å². The number of anilines is 1. The van der Waals surface area contributed by atoms with Gasteiger partial charge >= 0.3 is 6.18 Å². The molecule has 0 aromatic carbocycles. The van der Waals surface area contributed by atoms with E-state index in [-0.39, 0.29) is 13.0 Å². The third-order valence-corrected chi connectivity index (χ3v) is 2.62. The quantitative estimate of drug-likeness (QED) is 0.870. The van der Waals surface area contributed by atoms with Crippen LogP contribution < -0.4 is 5.32 Å². The Hall–Kier alpha value is -1.79. The molecular weight excluding hydrogens is 257 g/mol. The number of halogens is 3. The average Bonchev–Trinajstić information content (AvgIpc) is 2.63. The molecule has 0 unspecified atom stereocenters. The summed E-state index contributed by atoms with van der Waals surface area (Å²) in [5, 5.41) is 7.23. The predicted molar refractivity (Wildman–Crippen MR) is 66.2 cm³/mol. The zero-order chi connectivity index (χ0) is 14.0. The van der Waals surface area contributed by atoms with Crippen LogP contribution in [0.2, 0.25) is 0 Å². The van der Waals surface area contributed by atoms with Crippen LogP contribution in [-0.4, -0.2) is 27.3 Å². The Morgan fingerprint density at radius 3 is 2.63 bits per heavy atom. The fraction of sp³-hybridized carbons (Fsp3) is 0.500. The van der Waals surface area contributed by atoms with Crippen LogP contribution in [0.5, 0.6) is 0 Å². The lowest BCUT2D eigenvalue weighted by molar-refractivity contribution is -0.134. The molecule has 0 saturated carbocycles. The van der Waals surface area contributed by atoms with Crippen molar-refractivity contribution in [2.75, 3.05) is 11.9 Å². The molecule has 1 N–H and O–H groups in total. The standard InChI is InChI=1S/C12H15F3N4/c1-8-6-10(16-5-3-4-12(13,14)15)19-11(17-8)7-9(2)18-19/h6-7,16H,3-5H2,1-2H3. The second kappa shape index (κ2) is 5.07. The Kier molecular flexibility index (Phi) is 3.64. The molecule has 0 aliphatic rings. The SMILES string of the molecule is Cc1cc(NCCCC(F)(F)F)n2nc(C)cc2n1. The molecule has 0 aliphatic heterocycles. The number of rotatable bonds is 4. The second-order valence-corrected chi connectivity index (χ2v) is 4.48. The predicted octanol–water partition coefficient (Wildman–Crippen LogP) is 3.10. The molecule has 2 aromatic rings. The van der Waals surface area contributed by atoms with E-state index in [0.29, 0.717) is 11.5 Å². The Balaban J connectivity index is 2.07. The van der Waals surface area contributed by atoms with Gasteiger partial charge in [-0.25, -0.2) is 4.98 Å². The van der Waals surface area contributed by atoms with E-state index in [1.165, 1.54) is 0 Å². The minimum atomic E-state index is -4.10. The van der Waals surface area contributed by atoms with Gasteiger partial charge in [-0.15, -0.1) is 0 Å². The van der Waals surface area contributed by atoms with Gasteiger partial charge in [0, 0.05) is 30.8 Å². The first-order valence-corrected chi connectivity index (χ1v) is 6.00. The lowest BCUT2D eigenvalue weighted by Crippen LogP contribution is -2.13. The van der Waals surface area contributed by atoms with Crippen molar-refractivity contribution < 1.29 is 13.2 Å². The molecule has 0 saturated heterocycles. The van der Waals surface area contributed by atoms with Crippen molar-refractivity contribution in [1.29, 1.82) is 0 Å². The first-order valence-electron chi connectivity index (χ1n) is 6.00. The van der Waals surface area contributed by atoms with Gasteiger partial charge in [-0.1, -0.05) is 0 Å². The Labute approximate surface area is 108 Å². The minimum absolute atomic E-state index is 0.0343. The van der Waals surface area contributed by atoms with Crippen molar-refractivity contribution in [1.82, 2.24) is 14.6 Å². The van der Waals surface area contributed by atoms with E-state index in [1.807, 2.05) is 19.9 Å². The van der Waals surface area contributed by atoms with E-state index in [2.05, 4.69) is 15.4 Å². The largest absolute Gasteiger partial charge is 0.389 e. The summed E-state index contributed by atoms with van der Waals surface area (Å²) >= 11 is 0. The third-order valence-electron chi connectivity index (χ3n) is 2.62. The Bertz CT molecular complexity index is 574. The lowest BCUT2D eigenvalue weighted by Gasteiger charge is -2.10. The first-order chi connectivity index (χ1) is 8.85. The number of nitrogens with zero attached hydrogens (tertiary/aromatic N) is 3. The van der Waals surface area contributed by atoms with Gasteiger partial charge in [-0.05, 0) is 20.3 Å². The fourth-order valence-corrected chi connectivity index (χ4v) is 1.85. The first kappa shape index (κ1) is 13.6. The highest BCUT2D eigenvalue weighted by Crippen LogP contribution is 2.21. The highest BCUT2D eigenvalue weighted by atomic mass is 19.4. The van der Waals surface area contributed by atoms with Crippen molar-refractivity contribution >= 4 is 11.5 Å². The summed E-state index contributed by atoms with van der Waals surface area (Å²) in [7, 11) is 0. The van der Waals surface area contributed by atoms with Crippen LogP contribution in [0.15, 0.2) is 12.1 Å². The van der Waals surface area contributed by atoms with Crippen LogP contribution in [-0.2, 0) is 0 Å². The molecule has 0 atom stereocenters. The van der Waals surface area contributed by atoms with Gasteiger partial charge in [0.05, 0.1) is 5.69 Å². The van der Waals surface area contributed by atoms with Crippen molar-refractivity contribution in [3.63, 3.8) is 0 Å². The van der Waals surface area contributed by atoms with Crippen LogP contribution in [0, 0.1) is 13.8 Å². The number of alkyl halides is 3. The molecule has 104 valence electrons. The molecule has 0 bridgehead atoms. The van der Waals surface area contributed by atoms with Crippen molar-refractivity contribution in [3.8, 4) is 0 Å². The molecular formula is C12H15F3N4. The minimum Gasteiger partial charge on any atom is -0.370 e. The highest BCUT2D eigenvalue weighted by Gasteiger charge is 2.25. The highest BCUT2D eigenvalue weighted by molar-refractivity contribution is 5.50. The fourth-order valence-electron chi connectivity index (χ4n) is 1.85. The summed E-state index contributed by atoms with van der Waals surface area (Å²) in [5.41, 5.74) is 2.30. The Morgan fingerprint density at radius 1 is 1.21 bits per heavy atom. The van der Waals surface area contributed by atoms with Gasteiger partial charge in [-0.2, -0.15) is 22.8 Å². The van der Waals surface area contributed by atoms with Gasteiger partial charge in [-0.3, -0.25) is 0 Å².